The first-order chi connectivity index (χ1) is 12.9. The van der Waals surface area contributed by atoms with Crippen molar-refractivity contribution in [1.29, 1.82) is 0 Å². The van der Waals surface area contributed by atoms with Gasteiger partial charge in [0.15, 0.2) is 0 Å². The molecule has 0 radical (unpaired) electrons. The third-order valence-corrected chi connectivity index (χ3v) is 5.15. The molecule has 138 valence electrons. The standard InChI is InChI=1S/C20H17FN2O3S/c21-16-8-12-19(13-9-16)27(25,26)23-18-10-6-15(7-11-18)14-20(24)22-17-4-2-1-3-5-17/h1-13,23H,14H2,(H,22,24). The van der Waals surface area contributed by atoms with Gasteiger partial charge >= 0.3 is 0 Å². The molecule has 0 spiro atoms. The van der Waals surface area contributed by atoms with Crippen LogP contribution in [0.25, 0.3) is 0 Å². The van der Waals surface area contributed by atoms with Crippen LogP contribution >= 0.6 is 0 Å². The van der Waals surface area contributed by atoms with Crippen LogP contribution in [0.2, 0.25) is 0 Å². The largest absolute Gasteiger partial charge is 0.326 e. The van der Waals surface area contributed by atoms with Crippen molar-refractivity contribution in [2.75, 3.05) is 10.0 Å². The van der Waals surface area contributed by atoms with E-state index in [0.29, 0.717) is 11.4 Å². The summed E-state index contributed by atoms with van der Waals surface area (Å²) < 4.78 is 39.9. The molecule has 0 saturated heterocycles. The monoisotopic (exact) mass is 384 g/mol. The zero-order valence-corrected chi connectivity index (χ0v) is 15.0. The van der Waals surface area contributed by atoms with E-state index in [-0.39, 0.29) is 17.2 Å². The van der Waals surface area contributed by atoms with Crippen molar-refractivity contribution in [2.45, 2.75) is 11.3 Å². The Morgan fingerprint density at radius 3 is 2.07 bits per heavy atom. The van der Waals surface area contributed by atoms with E-state index in [0.717, 1.165) is 17.7 Å². The van der Waals surface area contributed by atoms with Gasteiger partial charge in [0, 0.05) is 11.4 Å². The molecule has 0 aliphatic carbocycles. The van der Waals surface area contributed by atoms with Crippen LogP contribution in [0.15, 0.2) is 83.8 Å². The summed E-state index contributed by atoms with van der Waals surface area (Å²) in [5, 5.41) is 2.79. The maximum Gasteiger partial charge on any atom is 0.261 e. The molecule has 0 aliphatic rings. The second kappa shape index (κ2) is 8.01. The average Bonchev–Trinajstić information content (AvgIpc) is 2.64. The number of sulfonamides is 1. The Labute approximate surface area is 156 Å². The summed E-state index contributed by atoms with van der Waals surface area (Å²) in [6.07, 6.45) is 0.167. The van der Waals surface area contributed by atoms with Crippen LogP contribution in [-0.4, -0.2) is 14.3 Å². The third kappa shape index (κ3) is 5.15. The van der Waals surface area contributed by atoms with Gasteiger partial charge in [-0.05, 0) is 54.1 Å². The molecule has 1 amide bonds. The number of para-hydroxylation sites is 1. The van der Waals surface area contributed by atoms with Crippen molar-refractivity contribution in [3.05, 3.63) is 90.2 Å². The number of hydrogen-bond donors (Lipinski definition) is 2. The van der Waals surface area contributed by atoms with Crippen LogP contribution in [-0.2, 0) is 21.2 Å². The predicted molar refractivity (Wildman–Crippen MR) is 102 cm³/mol. The van der Waals surface area contributed by atoms with Crippen molar-refractivity contribution < 1.29 is 17.6 Å². The SMILES string of the molecule is O=C(Cc1ccc(NS(=O)(=O)c2ccc(F)cc2)cc1)Nc1ccccc1. The summed E-state index contributed by atoms with van der Waals surface area (Å²) >= 11 is 0. The Balaban J connectivity index is 1.63. The molecule has 5 nitrogen and oxygen atoms in total. The van der Waals surface area contributed by atoms with Gasteiger partial charge in [-0.3, -0.25) is 9.52 Å². The highest BCUT2D eigenvalue weighted by molar-refractivity contribution is 7.92. The topological polar surface area (TPSA) is 75.3 Å². The Morgan fingerprint density at radius 2 is 1.44 bits per heavy atom. The molecule has 3 aromatic rings. The summed E-state index contributed by atoms with van der Waals surface area (Å²) in [7, 11) is -3.80. The molecular formula is C20H17FN2O3S. The lowest BCUT2D eigenvalue weighted by atomic mass is 10.1. The Morgan fingerprint density at radius 1 is 0.815 bits per heavy atom. The van der Waals surface area contributed by atoms with Crippen molar-refractivity contribution in [1.82, 2.24) is 0 Å². The van der Waals surface area contributed by atoms with Crippen LogP contribution in [0.1, 0.15) is 5.56 Å². The van der Waals surface area contributed by atoms with E-state index in [2.05, 4.69) is 10.0 Å². The number of anilines is 2. The smallest absolute Gasteiger partial charge is 0.261 e. The summed E-state index contributed by atoms with van der Waals surface area (Å²) in [5.41, 5.74) is 1.81. The van der Waals surface area contributed by atoms with Gasteiger partial charge in [0.2, 0.25) is 5.91 Å². The van der Waals surface area contributed by atoms with Crippen LogP contribution in [0.4, 0.5) is 15.8 Å². The van der Waals surface area contributed by atoms with E-state index in [1.807, 2.05) is 18.2 Å². The number of carbonyl (C=O) groups is 1. The fourth-order valence-corrected chi connectivity index (χ4v) is 3.49. The molecule has 2 N–H and O–H groups in total. The lowest BCUT2D eigenvalue weighted by Crippen LogP contribution is -2.15. The van der Waals surface area contributed by atoms with Gasteiger partial charge in [-0.15, -0.1) is 0 Å². The number of carbonyl (C=O) groups excluding carboxylic acids is 1. The Hall–Kier alpha value is -3.19. The minimum atomic E-state index is -3.80. The number of amides is 1. The van der Waals surface area contributed by atoms with Crippen LogP contribution in [0.3, 0.4) is 0 Å². The maximum atomic E-state index is 12.9. The number of hydrogen-bond acceptors (Lipinski definition) is 3. The highest BCUT2D eigenvalue weighted by atomic mass is 32.2. The fourth-order valence-electron chi connectivity index (χ4n) is 2.43. The molecule has 0 aromatic heterocycles. The van der Waals surface area contributed by atoms with E-state index < -0.39 is 15.8 Å². The molecule has 0 saturated carbocycles. The van der Waals surface area contributed by atoms with E-state index in [9.17, 15) is 17.6 Å². The zero-order valence-electron chi connectivity index (χ0n) is 14.2. The quantitative estimate of drug-likeness (QED) is 0.679. The van der Waals surface area contributed by atoms with Crippen molar-refractivity contribution >= 4 is 27.3 Å². The molecular weight excluding hydrogens is 367 g/mol. The predicted octanol–water partition coefficient (Wildman–Crippen LogP) is 3.81. The van der Waals surface area contributed by atoms with Gasteiger partial charge in [0.05, 0.1) is 11.3 Å². The molecule has 0 heterocycles. The Kier molecular flexibility index (Phi) is 5.52. The molecule has 7 heteroatoms. The second-order valence-electron chi connectivity index (χ2n) is 5.85. The van der Waals surface area contributed by atoms with Crippen LogP contribution in [0.5, 0.6) is 0 Å². The van der Waals surface area contributed by atoms with Crippen molar-refractivity contribution in [3.63, 3.8) is 0 Å². The molecule has 3 aromatic carbocycles. The molecule has 0 unspecified atom stereocenters. The first-order valence-corrected chi connectivity index (χ1v) is 9.63. The molecule has 0 atom stereocenters. The summed E-state index contributed by atoms with van der Waals surface area (Å²) in [6, 6.07) is 20.2. The lowest BCUT2D eigenvalue weighted by Gasteiger charge is -2.09. The average molecular weight is 384 g/mol. The molecule has 3 rings (SSSR count). The number of halogens is 1. The van der Waals surface area contributed by atoms with Gasteiger partial charge < -0.3 is 5.32 Å². The Bertz CT molecular complexity index is 1020. The second-order valence-corrected chi connectivity index (χ2v) is 7.53. The normalized spacial score (nSPS) is 11.0. The molecule has 0 fully saturated rings. The van der Waals surface area contributed by atoms with E-state index in [1.54, 1.807) is 36.4 Å². The van der Waals surface area contributed by atoms with Gasteiger partial charge in [0.1, 0.15) is 5.82 Å². The number of rotatable bonds is 6. The summed E-state index contributed by atoms with van der Waals surface area (Å²) in [6.45, 7) is 0. The number of nitrogens with one attached hydrogen (secondary N) is 2. The van der Waals surface area contributed by atoms with E-state index >= 15 is 0 Å². The first kappa shape index (κ1) is 18.6. The van der Waals surface area contributed by atoms with Crippen LogP contribution < -0.4 is 10.0 Å². The fraction of sp³-hybridized carbons (Fsp3) is 0.0500. The van der Waals surface area contributed by atoms with E-state index in [4.69, 9.17) is 0 Å². The third-order valence-electron chi connectivity index (χ3n) is 3.75. The summed E-state index contributed by atoms with van der Waals surface area (Å²) in [5.74, 6) is -0.673. The maximum absolute atomic E-state index is 12.9. The molecule has 0 aliphatic heterocycles. The summed E-state index contributed by atoms with van der Waals surface area (Å²) in [4.78, 5) is 12.0. The zero-order chi connectivity index (χ0) is 19.3. The van der Waals surface area contributed by atoms with Crippen LogP contribution in [0, 0.1) is 5.82 Å². The van der Waals surface area contributed by atoms with Gasteiger partial charge in [0.25, 0.3) is 10.0 Å². The van der Waals surface area contributed by atoms with Crippen molar-refractivity contribution in [2.24, 2.45) is 0 Å². The van der Waals surface area contributed by atoms with Gasteiger partial charge in [-0.2, -0.15) is 0 Å². The highest BCUT2D eigenvalue weighted by Crippen LogP contribution is 2.17. The lowest BCUT2D eigenvalue weighted by molar-refractivity contribution is -0.115. The van der Waals surface area contributed by atoms with Gasteiger partial charge in [-0.1, -0.05) is 30.3 Å². The minimum absolute atomic E-state index is 0.0322. The first-order valence-electron chi connectivity index (χ1n) is 8.15. The number of benzene rings is 3. The molecule has 27 heavy (non-hydrogen) atoms. The van der Waals surface area contributed by atoms with Crippen molar-refractivity contribution in [3.8, 4) is 0 Å². The minimum Gasteiger partial charge on any atom is -0.326 e. The van der Waals surface area contributed by atoms with E-state index in [1.165, 1.54) is 12.1 Å². The highest BCUT2D eigenvalue weighted by Gasteiger charge is 2.14. The van der Waals surface area contributed by atoms with Gasteiger partial charge in [-0.25, -0.2) is 12.8 Å². The molecule has 0 bridgehead atoms.